The van der Waals surface area contributed by atoms with E-state index in [0.717, 1.165) is 19.6 Å². The molecule has 0 aromatic carbocycles. The Balaban J connectivity index is 2.94. The maximum atomic E-state index is 5.45. The van der Waals surface area contributed by atoms with Crippen LogP contribution in [-0.4, -0.2) is 92.9 Å². The molecule has 0 aliphatic rings. The molecule has 0 rings (SSSR count). The highest BCUT2D eigenvalue weighted by atomic mass is 16.6. The lowest BCUT2D eigenvalue weighted by molar-refractivity contribution is -0.0166. The Labute approximate surface area is 153 Å². The summed E-state index contributed by atoms with van der Waals surface area (Å²) in [4.78, 5) is 0. The van der Waals surface area contributed by atoms with E-state index in [0.29, 0.717) is 72.7 Å². The zero-order valence-electron chi connectivity index (χ0n) is 16.3. The van der Waals surface area contributed by atoms with Crippen LogP contribution < -0.4 is 5.32 Å². The minimum atomic E-state index is 0.572. The summed E-state index contributed by atoms with van der Waals surface area (Å²) >= 11 is 0. The standard InChI is InChI=1S/C18H39NO6/c1-3-4-5-7-20-9-11-22-13-15-24-17-18-25-16-14-23-12-10-21-8-6-19-2/h19H,3-18H2,1-2H3. The first-order valence-electron chi connectivity index (χ1n) is 9.52. The average molecular weight is 366 g/mol. The highest BCUT2D eigenvalue weighted by Gasteiger charge is 1.94. The van der Waals surface area contributed by atoms with Crippen LogP contribution in [0, 0.1) is 0 Å². The largest absolute Gasteiger partial charge is 0.379 e. The van der Waals surface area contributed by atoms with Crippen LogP contribution in [0.25, 0.3) is 0 Å². The topological polar surface area (TPSA) is 67.4 Å². The highest BCUT2D eigenvalue weighted by molar-refractivity contribution is 4.39. The minimum absolute atomic E-state index is 0.572. The highest BCUT2D eigenvalue weighted by Crippen LogP contribution is 1.93. The molecule has 0 atom stereocenters. The number of hydrogen-bond donors (Lipinski definition) is 1. The van der Waals surface area contributed by atoms with E-state index < -0.39 is 0 Å². The zero-order chi connectivity index (χ0) is 18.3. The second kappa shape index (κ2) is 23.7. The molecule has 0 unspecified atom stereocenters. The van der Waals surface area contributed by atoms with Gasteiger partial charge in [0.15, 0.2) is 0 Å². The number of rotatable bonds is 22. The van der Waals surface area contributed by atoms with Crippen molar-refractivity contribution < 1.29 is 28.4 Å². The quantitative estimate of drug-likeness (QED) is 0.292. The van der Waals surface area contributed by atoms with E-state index in [4.69, 9.17) is 28.4 Å². The molecule has 0 aromatic rings. The molecule has 152 valence electrons. The number of ether oxygens (including phenoxy) is 6. The van der Waals surface area contributed by atoms with Gasteiger partial charge in [0.25, 0.3) is 0 Å². The van der Waals surface area contributed by atoms with Crippen molar-refractivity contribution in [2.75, 3.05) is 92.9 Å². The maximum Gasteiger partial charge on any atom is 0.0701 e. The van der Waals surface area contributed by atoms with E-state index in [9.17, 15) is 0 Å². The minimum Gasteiger partial charge on any atom is -0.379 e. The van der Waals surface area contributed by atoms with Crippen LogP contribution in [0.2, 0.25) is 0 Å². The van der Waals surface area contributed by atoms with E-state index in [1.54, 1.807) is 0 Å². The smallest absolute Gasteiger partial charge is 0.0701 e. The third kappa shape index (κ3) is 23.7. The molecule has 0 heterocycles. The Morgan fingerprint density at radius 2 is 0.840 bits per heavy atom. The van der Waals surface area contributed by atoms with E-state index in [2.05, 4.69) is 12.2 Å². The molecule has 0 aromatic heterocycles. The Bertz CT molecular complexity index is 212. The summed E-state index contributed by atoms with van der Waals surface area (Å²) in [6.07, 6.45) is 3.59. The third-order valence-electron chi connectivity index (χ3n) is 3.25. The summed E-state index contributed by atoms with van der Waals surface area (Å²) in [6, 6.07) is 0. The summed E-state index contributed by atoms with van der Waals surface area (Å²) in [5.41, 5.74) is 0. The zero-order valence-corrected chi connectivity index (χ0v) is 16.3. The van der Waals surface area contributed by atoms with E-state index in [-0.39, 0.29) is 0 Å². The predicted octanol–water partition coefficient (Wildman–Crippen LogP) is 1.50. The lowest BCUT2D eigenvalue weighted by atomic mass is 10.3. The SMILES string of the molecule is CCCCCOCCOCCOCCOCCOCCOCCNC. The van der Waals surface area contributed by atoms with Crippen LogP contribution >= 0.6 is 0 Å². The van der Waals surface area contributed by atoms with Crippen molar-refractivity contribution in [3.63, 3.8) is 0 Å². The summed E-state index contributed by atoms with van der Waals surface area (Å²) in [7, 11) is 1.90. The van der Waals surface area contributed by atoms with Crippen molar-refractivity contribution in [1.29, 1.82) is 0 Å². The van der Waals surface area contributed by atoms with Crippen molar-refractivity contribution in [3.05, 3.63) is 0 Å². The summed E-state index contributed by atoms with van der Waals surface area (Å²) in [5.74, 6) is 0. The average Bonchev–Trinajstić information content (AvgIpc) is 2.63. The van der Waals surface area contributed by atoms with Gasteiger partial charge in [0.2, 0.25) is 0 Å². The Kier molecular flexibility index (Phi) is 23.5. The van der Waals surface area contributed by atoms with Gasteiger partial charge in [-0.2, -0.15) is 0 Å². The van der Waals surface area contributed by atoms with Crippen LogP contribution in [-0.2, 0) is 28.4 Å². The molecular formula is C18H39NO6. The van der Waals surface area contributed by atoms with Gasteiger partial charge >= 0.3 is 0 Å². The summed E-state index contributed by atoms with van der Waals surface area (Å²) < 4.78 is 32.4. The second-order valence-electron chi connectivity index (χ2n) is 5.48. The van der Waals surface area contributed by atoms with Crippen molar-refractivity contribution in [2.24, 2.45) is 0 Å². The summed E-state index contributed by atoms with van der Waals surface area (Å²) in [5, 5.41) is 3.02. The molecule has 1 N–H and O–H groups in total. The van der Waals surface area contributed by atoms with Gasteiger partial charge < -0.3 is 33.7 Å². The first-order valence-corrected chi connectivity index (χ1v) is 9.52. The van der Waals surface area contributed by atoms with E-state index in [1.165, 1.54) is 12.8 Å². The van der Waals surface area contributed by atoms with Gasteiger partial charge in [-0.15, -0.1) is 0 Å². The Morgan fingerprint density at radius 3 is 1.20 bits per heavy atom. The molecule has 0 saturated heterocycles. The van der Waals surface area contributed by atoms with Crippen LogP contribution in [0.15, 0.2) is 0 Å². The maximum absolute atomic E-state index is 5.45. The fourth-order valence-electron chi connectivity index (χ4n) is 1.83. The van der Waals surface area contributed by atoms with Gasteiger partial charge in [0, 0.05) is 13.2 Å². The molecule has 0 aliphatic heterocycles. The normalized spacial score (nSPS) is 11.3. The molecule has 0 amide bonds. The summed E-state index contributed by atoms with van der Waals surface area (Å²) in [6.45, 7) is 10.6. The fraction of sp³-hybridized carbons (Fsp3) is 1.00. The molecule has 7 nitrogen and oxygen atoms in total. The number of hydrogen-bond acceptors (Lipinski definition) is 7. The van der Waals surface area contributed by atoms with Crippen LogP contribution in [0.3, 0.4) is 0 Å². The number of likely N-dealkylation sites (N-methyl/N-ethyl adjacent to an activating group) is 1. The van der Waals surface area contributed by atoms with Crippen molar-refractivity contribution >= 4 is 0 Å². The molecule has 0 fully saturated rings. The number of nitrogens with one attached hydrogen (secondary N) is 1. The first kappa shape index (κ1) is 24.7. The Hall–Kier alpha value is -0.280. The van der Waals surface area contributed by atoms with Gasteiger partial charge in [-0.25, -0.2) is 0 Å². The third-order valence-corrected chi connectivity index (χ3v) is 3.25. The molecule has 0 spiro atoms. The van der Waals surface area contributed by atoms with Gasteiger partial charge in [0.1, 0.15) is 0 Å². The Morgan fingerprint density at radius 1 is 0.480 bits per heavy atom. The van der Waals surface area contributed by atoms with E-state index >= 15 is 0 Å². The van der Waals surface area contributed by atoms with E-state index in [1.807, 2.05) is 7.05 Å². The molecule has 0 bridgehead atoms. The molecule has 25 heavy (non-hydrogen) atoms. The van der Waals surface area contributed by atoms with Gasteiger partial charge in [-0.05, 0) is 13.5 Å². The van der Waals surface area contributed by atoms with Gasteiger partial charge in [-0.1, -0.05) is 19.8 Å². The molecular weight excluding hydrogens is 326 g/mol. The predicted molar refractivity (Wildman–Crippen MR) is 98.4 cm³/mol. The van der Waals surface area contributed by atoms with Crippen LogP contribution in [0.4, 0.5) is 0 Å². The lowest BCUT2D eigenvalue weighted by Crippen LogP contribution is -2.17. The fourth-order valence-corrected chi connectivity index (χ4v) is 1.83. The second-order valence-corrected chi connectivity index (χ2v) is 5.48. The lowest BCUT2D eigenvalue weighted by Gasteiger charge is -2.08. The van der Waals surface area contributed by atoms with Crippen LogP contribution in [0.1, 0.15) is 26.2 Å². The first-order chi connectivity index (χ1) is 12.4. The monoisotopic (exact) mass is 365 g/mol. The van der Waals surface area contributed by atoms with Crippen molar-refractivity contribution in [1.82, 2.24) is 5.32 Å². The number of unbranched alkanes of at least 4 members (excludes halogenated alkanes) is 2. The molecule has 0 radical (unpaired) electrons. The van der Waals surface area contributed by atoms with Gasteiger partial charge in [0.05, 0.1) is 72.7 Å². The molecule has 0 saturated carbocycles. The van der Waals surface area contributed by atoms with Crippen molar-refractivity contribution in [2.45, 2.75) is 26.2 Å². The van der Waals surface area contributed by atoms with Gasteiger partial charge in [-0.3, -0.25) is 0 Å². The van der Waals surface area contributed by atoms with Crippen LogP contribution in [0.5, 0.6) is 0 Å². The molecule has 7 heteroatoms. The van der Waals surface area contributed by atoms with Crippen molar-refractivity contribution in [3.8, 4) is 0 Å². The molecule has 0 aliphatic carbocycles.